The van der Waals surface area contributed by atoms with Crippen molar-refractivity contribution in [2.24, 2.45) is 0 Å². The van der Waals surface area contributed by atoms with Crippen molar-refractivity contribution in [1.82, 2.24) is 4.98 Å². The maximum atomic E-state index is 11.7. The summed E-state index contributed by atoms with van der Waals surface area (Å²) in [6.45, 7) is 4.68. The van der Waals surface area contributed by atoms with E-state index in [-0.39, 0.29) is 0 Å². The lowest BCUT2D eigenvalue weighted by Crippen LogP contribution is -2.05. The second kappa shape index (κ2) is 6.85. The summed E-state index contributed by atoms with van der Waals surface area (Å²) in [6.07, 6.45) is 0. The molecule has 1 aromatic heterocycles. The van der Waals surface area contributed by atoms with Gasteiger partial charge in [0, 0.05) is 5.56 Å². The molecule has 1 heterocycles. The summed E-state index contributed by atoms with van der Waals surface area (Å²) in [4.78, 5) is 16.1. The first-order chi connectivity index (χ1) is 9.65. The van der Waals surface area contributed by atoms with Crippen molar-refractivity contribution in [3.05, 3.63) is 33.7 Å². The van der Waals surface area contributed by atoms with E-state index >= 15 is 0 Å². The van der Waals surface area contributed by atoms with E-state index in [9.17, 15) is 4.79 Å². The van der Waals surface area contributed by atoms with E-state index in [4.69, 9.17) is 9.47 Å². The highest BCUT2D eigenvalue weighted by molar-refractivity contribution is 9.11. The second-order valence-electron chi connectivity index (χ2n) is 3.82. The van der Waals surface area contributed by atoms with E-state index in [1.807, 2.05) is 31.2 Å². The zero-order valence-electron chi connectivity index (χ0n) is 11.2. The van der Waals surface area contributed by atoms with Gasteiger partial charge in [0.2, 0.25) is 0 Å². The number of nitrogens with zero attached hydrogens (tertiary/aromatic N) is 1. The van der Waals surface area contributed by atoms with Crippen LogP contribution in [0.2, 0.25) is 0 Å². The van der Waals surface area contributed by atoms with Crippen LogP contribution in [0.3, 0.4) is 0 Å². The Morgan fingerprint density at radius 3 is 2.55 bits per heavy atom. The fraction of sp³-hybridized carbons (Fsp3) is 0.286. The summed E-state index contributed by atoms with van der Waals surface area (Å²) in [5, 5.41) is 0.767. The third-order valence-electron chi connectivity index (χ3n) is 2.47. The van der Waals surface area contributed by atoms with E-state index < -0.39 is 5.97 Å². The van der Waals surface area contributed by atoms with E-state index in [2.05, 4.69) is 20.9 Å². The predicted octanol–water partition coefficient (Wildman–Crippen LogP) is 4.15. The Balaban J connectivity index is 2.25. The predicted molar refractivity (Wildman–Crippen MR) is 82.4 cm³/mol. The summed E-state index contributed by atoms with van der Waals surface area (Å²) < 4.78 is 11.0. The van der Waals surface area contributed by atoms with Gasteiger partial charge in [0.15, 0.2) is 5.69 Å². The van der Waals surface area contributed by atoms with Crippen LogP contribution in [0.5, 0.6) is 5.75 Å². The summed E-state index contributed by atoms with van der Waals surface area (Å²) >= 11 is 4.76. The average molecular weight is 356 g/mol. The molecular weight excluding hydrogens is 342 g/mol. The van der Waals surface area contributed by atoms with E-state index in [0.29, 0.717) is 22.7 Å². The second-order valence-corrected chi connectivity index (χ2v) is 6.14. The zero-order valence-corrected chi connectivity index (χ0v) is 13.6. The van der Waals surface area contributed by atoms with Crippen LogP contribution in [0.15, 0.2) is 28.1 Å². The average Bonchev–Trinajstić information content (AvgIpc) is 2.82. The summed E-state index contributed by atoms with van der Waals surface area (Å²) in [5.41, 5.74) is 1.26. The molecule has 4 nitrogen and oxygen atoms in total. The van der Waals surface area contributed by atoms with Crippen LogP contribution in [-0.4, -0.2) is 24.2 Å². The molecule has 2 aromatic rings. The van der Waals surface area contributed by atoms with Crippen molar-refractivity contribution in [3.63, 3.8) is 0 Å². The largest absolute Gasteiger partial charge is 0.494 e. The zero-order chi connectivity index (χ0) is 14.5. The number of benzene rings is 1. The van der Waals surface area contributed by atoms with Gasteiger partial charge in [-0.25, -0.2) is 9.78 Å². The van der Waals surface area contributed by atoms with Gasteiger partial charge in [-0.1, -0.05) is 0 Å². The van der Waals surface area contributed by atoms with Crippen LogP contribution in [-0.2, 0) is 4.74 Å². The molecule has 0 N–H and O–H groups in total. The fourth-order valence-corrected chi connectivity index (χ4v) is 3.11. The van der Waals surface area contributed by atoms with Gasteiger partial charge in [0.1, 0.15) is 14.5 Å². The number of halogens is 1. The van der Waals surface area contributed by atoms with Crippen LogP contribution in [0.4, 0.5) is 0 Å². The van der Waals surface area contributed by atoms with E-state index in [1.54, 1.807) is 6.92 Å². The van der Waals surface area contributed by atoms with Crippen LogP contribution >= 0.6 is 27.3 Å². The number of esters is 1. The Morgan fingerprint density at radius 2 is 1.95 bits per heavy atom. The first-order valence-electron chi connectivity index (χ1n) is 6.22. The first kappa shape index (κ1) is 15.0. The third-order valence-corrected chi connectivity index (χ3v) is 4.22. The molecule has 106 valence electrons. The molecule has 0 atom stereocenters. The molecule has 1 aromatic carbocycles. The number of carbonyl (C=O) groups excluding carboxylic acids is 1. The van der Waals surface area contributed by atoms with Crippen molar-refractivity contribution in [1.29, 1.82) is 0 Å². The Morgan fingerprint density at radius 1 is 1.25 bits per heavy atom. The Hall–Kier alpha value is -1.40. The molecule has 0 bridgehead atoms. The lowest BCUT2D eigenvalue weighted by Gasteiger charge is -2.02. The maximum Gasteiger partial charge on any atom is 0.359 e. The molecule has 0 saturated heterocycles. The number of hydrogen-bond donors (Lipinski definition) is 0. The standard InChI is InChI=1S/C14H14BrNO3S/c1-3-18-10-7-5-9(6-8-10)13-16-11(12(15)20-13)14(17)19-4-2/h5-8H,3-4H2,1-2H3. The van der Waals surface area contributed by atoms with Crippen molar-refractivity contribution in [2.75, 3.05) is 13.2 Å². The van der Waals surface area contributed by atoms with Crippen LogP contribution < -0.4 is 4.74 Å². The summed E-state index contributed by atoms with van der Waals surface area (Å²) in [7, 11) is 0. The van der Waals surface area contributed by atoms with Gasteiger partial charge in [-0.05, 0) is 54.0 Å². The molecule has 0 fully saturated rings. The highest BCUT2D eigenvalue weighted by Gasteiger charge is 2.18. The van der Waals surface area contributed by atoms with Gasteiger partial charge in [0.05, 0.1) is 13.2 Å². The molecule has 6 heteroatoms. The fourth-order valence-electron chi connectivity index (χ4n) is 1.61. The van der Waals surface area contributed by atoms with Gasteiger partial charge in [-0.2, -0.15) is 0 Å². The van der Waals surface area contributed by atoms with Crippen molar-refractivity contribution < 1.29 is 14.3 Å². The lowest BCUT2D eigenvalue weighted by atomic mass is 10.2. The number of rotatable bonds is 5. The maximum absolute atomic E-state index is 11.7. The third kappa shape index (κ3) is 3.37. The molecule has 0 amide bonds. The molecule has 0 aliphatic rings. The molecule has 0 spiro atoms. The molecule has 2 rings (SSSR count). The highest BCUT2D eigenvalue weighted by atomic mass is 79.9. The van der Waals surface area contributed by atoms with Gasteiger partial charge >= 0.3 is 5.97 Å². The molecule has 0 saturated carbocycles. The van der Waals surface area contributed by atoms with Crippen molar-refractivity contribution >= 4 is 33.2 Å². The number of ether oxygens (including phenoxy) is 2. The number of thiazole rings is 1. The lowest BCUT2D eigenvalue weighted by molar-refractivity contribution is 0.0519. The van der Waals surface area contributed by atoms with Crippen LogP contribution in [0, 0.1) is 0 Å². The minimum Gasteiger partial charge on any atom is -0.494 e. The van der Waals surface area contributed by atoms with Crippen molar-refractivity contribution in [3.8, 4) is 16.3 Å². The van der Waals surface area contributed by atoms with Gasteiger partial charge < -0.3 is 9.47 Å². The monoisotopic (exact) mass is 355 g/mol. The van der Waals surface area contributed by atoms with Crippen LogP contribution in [0.1, 0.15) is 24.3 Å². The molecule has 0 radical (unpaired) electrons. The molecule has 0 unspecified atom stereocenters. The molecule has 0 aliphatic heterocycles. The van der Waals surface area contributed by atoms with Crippen molar-refractivity contribution in [2.45, 2.75) is 13.8 Å². The number of hydrogen-bond acceptors (Lipinski definition) is 5. The van der Waals surface area contributed by atoms with Gasteiger partial charge in [0.25, 0.3) is 0 Å². The number of aromatic nitrogens is 1. The van der Waals surface area contributed by atoms with Gasteiger partial charge in [-0.15, -0.1) is 11.3 Å². The van der Waals surface area contributed by atoms with E-state index in [1.165, 1.54) is 11.3 Å². The quantitative estimate of drug-likeness (QED) is 0.756. The molecule has 20 heavy (non-hydrogen) atoms. The molecule has 0 aliphatic carbocycles. The highest BCUT2D eigenvalue weighted by Crippen LogP contribution is 2.33. The number of carbonyl (C=O) groups is 1. The Kier molecular flexibility index (Phi) is 5.14. The van der Waals surface area contributed by atoms with E-state index in [0.717, 1.165) is 16.3 Å². The normalized spacial score (nSPS) is 10.3. The van der Waals surface area contributed by atoms with Crippen LogP contribution in [0.25, 0.3) is 10.6 Å². The SMILES string of the molecule is CCOC(=O)c1nc(-c2ccc(OCC)cc2)sc1Br. The minimum absolute atomic E-state index is 0.320. The first-order valence-corrected chi connectivity index (χ1v) is 7.83. The Bertz CT molecular complexity index is 595. The Labute approximate surface area is 129 Å². The molecular formula is C14H14BrNO3S. The minimum atomic E-state index is -0.409. The summed E-state index contributed by atoms with van der Waals surface area (Å²) in [6, 6.07) is 7.62. The van der Waals surface area contributed by atoms with Gasteiger partial charge in [-0.3, -0.25) is 0 Å². The smallest absolute Gasteiger partial charge is 0.359 e. The topological polar surface area (TPSA) is 48.4 Å². The summed E-state index contributed by atoms with van der Waals surface area (Å²) in [5.74, 6) is 0.408.